The highest BCUT2D eigenvalue weighted by molar-refractivity contribution is 5.89. The molecule has 0 bridgehead atoms. The number of nitrogens with one attached hydrogen (secondary N) is 1. The van der Waals surface area contributed by atoms with Gasteiger partial charge in [0.05, 0.1) is 6.04 Å². The molecule has 0 aromatic heterocycles. The molecule has 0 aromatic rings. The van der Waals surface area contributed by atoms with E-state index in [0.717, 1.165) is 6.42 Å². The fourth-order valence-electron chi connectivity index (χ4n) is 1.67. The van der Waals surface area contributed by atoms with Crippen molar-refractivity contribution in [1.82, 2.24) is 5.32 Å². The first-order chi connectivity index (χ1) is 6.79. The molecular formula is C11H19NO3. The summed E-state index contributed by atoms with van der Waals surface area (Å²) in [6.45, 7) is 7.36. The van der Waals surface area contributed by atoms with E-state index >= 15 is 0 Å². The highest BCUT2D eigenvalue weighted by Crippen LogP contribution is 2.22. The fourth-order valence-corrected chi connectivity index (χ4v) is 1.67. The molecule has 86 valence electrons. The number of ether oxygens (including phenoxy) is 1. The van der Waals surface area contributed by atoms with Crippen molar-refractivity contribution in [2.45, 2.75) is 52.2 Å². The van der Waals surface area contributed by atoms with Crippen molar-refractivity contribution in [3.8, 4) is 0 Å². The number of carbonyl (C=O) groups is 2. The number of amides is 1. The molecule has 0 saturated heterocycles. The third kappa shape index (κ3) is 3.53. The average molecular weight is 213 g/mol. The molecule has 1 aliphatic rings. The number of rotatable bonds is 1. The molecule has 15 heavy (non-hydrogen) atoms. The first kappa shape index (κ1) is 12.0. The quantitative estimate of drug-likeness (QED) is 0.723. The summed E-state index contributed by atoms with van der Waals surface area (Å²) in [5.74, 6) is 0.318. The van der Waals surface area contributed by atoms with E-state index in [9.17, 15) is 9.59 Å². The maximum absolute atomic E-state index is 11.4. The summed E-state index contributed by atoms with van der Waals surface area (Å²) in [5, 5.41) is 2.62. The molecule has 1 saturated carbocycles. The van der Waals surface area contributed by atoms with E-state index in [1.54, 1.807) is 20.8 Å². The molecular weight excluding hydrogens is 194 g/mol. The van der Waals surface area contributed by atoms with Crippen LogP contribution in [0.4, 0.5) is 4.79 Å². The van der Waals surface area contributed by atoms with E-state index in [0.29, 0.717) is 6.42 Å². The molecule has 0 radical (unpaired) electrons. The van der Waals surface area contributed by atoms with Gasteiger partial charge in [0, 0.05) is 6.42 Å². The van der Waals surface area contributed by atoms with Crippen molar-refractivity contribution in [1.29, 1.82) is 0 Å². The van der Waals surface area contributed by atoms with E-state index in [-0.39, 0.29) is 17.7 Å². The van der Waals surface area contributed by atoms with Crippen molar-refractivity contribution in [2.75, 3.05) is 0 Å². The van der Waals surface area contributed by atoms with Crippen molar-refractivity contribution >= 4 is 11.9 Å². The summed E-state index contributed by atoms with van der Waals surface area (Å²) in [6.07, 6.45) is 0.899. The van der Waals surface area contributed by atoms with Gasteiger partial charge in [-0.3, -0.25) is 4.79 Å². The highest BCUT2D eigenvalue weighted by atomic mass is 16.6. The molecule has 0 aliphatic heterocycles. The van der Waals surface area contributed by atoms with Gasteiger partial charge in [-0.05, 0) is 33.1 Å². The summed E-state index contributed by atoms with van der Waals surface area (Å²) in [5.41, 5.74) is -0.519. The van der Waals surface area contributed by atoms with E-state index in [1.807, 2.05) is 6.92 Å². The van der Waals surface area contributed by atoms with Crippen LogP contribution >= 0.6 is 0 Å². The van der Waals surface area contributed by atoms with Crippen LogP contribution in [-0.2, 0) is 9.53 Å². The lowest BCUT2D eigenvalue weighted by atomic mass is 10.1. The Morgan fingerprint density at radius 2 is 2.07 bits per heavy atom. The maximum atomic E-state index is 11.4. The summed E-state index contributed by atoms with van der Waals surface area (Å²) in [4.78, 5) is 22.8. The largest absolute Gasteiger partial charge is 0.444 e. The Balaban J connectivity index is 2.48. The molecule has 1 amide bonds. The number of carbonyl (C=O) groups excluding carboxylic acids is 2. The SMILES string of the molecule is C[C@@H]1CCC(=O)[C@@H]1NC(=O)OC(C)(C)C. The third-order valence-electron chi connectivity index (χ3n) is 2.43. The topological polar surface area (TPSA) is 55.4 Å². The molecule has 2 atom stereocenters. The van der Waals surface area contributed by atoms with Crippen LogP contribution in [0.5, 0.6) is 0 Å². The fraction of sp³-hybridized carbons (Fsp3) is 0.818. The molecule has 0 heterocycles. The first-order valence-electron chi connectivity index (χ1n) is 5.32. The minimum Gasteiger partial charge on any atom is -0.444 e. The number of hydrogen-bond donors (Lipinski definition) is 1. The van der Waals surface area contributed by atoms with Gasteiger partial charge in [-0.15, -0.1) is 0 Å². The van der Waals surface area contributed by atoms with Gasteiger partial charge in [-0.2, -0.15) is 0 Å². The Kier molecular flexibility index (Phi) is 3.37. The van der Waals surface area contributed by atoms with Gasteiger partial charge in [-0.1, -0.05) is 6.92 Å². The smallest absolute Gasteiger partial charge is 0.408 e. The van der Waals surface area contributed by atoms with Crippen LogP contribution in [-0.4, -0.2) is 23.5 Å². The molecule has 1 aliphatic carbocycles. The first-order valence-corrected chi connectivity index (χ1v) is 5.32. The number of alkyl carbamates (subject to hydrolysis) is 1. The van der Waals surface area contributed by atoms with Gasteiger partial charge in [0.15, 0.2) is 5.78 Å². The van der Waals surface area contributed by atoms with Gasteiger partial charge in [0.1, 0.15) is 5.60 Å². The van der Waals surface area contributed by atoms with E-state index in [4.69, 9.17) is 4.74 Å². The predicted molar refractivity (Wildman–Crippen MR) is 56.6 cm³/mol. The highest BCUT2D eigenvalue weighted by Gasteiger charge is 2.33. The lowest BCUT2D eigenvalue weighted by Crippen LogP contribution is -2.43. The number of Topliss-reactive ketones (excluding diaryl/α,β-unsaturated/α-hetero) is 1. The standard InChI is InChI=1S/C11H19NO3/c1-7-5-6-8(13)9(7)12-10(14)15-11(2,3)4/h7,9H,5-6H2,1-4H3,(H,12,14)/t7-,9-/m1/s1. The van der Waals surface area contributed by atoms with E-state index in [2.05, 4.69) is 5.32 Å². The second-order valence-electron chi connectivity index (χ2n) is 5.11. The second kappa shape index (κ2) is 4.21. The zero-order valence-electron chi connectivity index (χ0n) is 9.79. The molecule has 0 aromatic carbocycles. The van der Waals surface area contributed by atoms with Crippen molar-refractivity contribution in [3.05, 3.63) is 0 Å². The Labute approximate surface area is 90.4 Å². The van der Waals surface area contributed by atoms with Gasteiger partial charge in [-0.25, -0.2) is 4.79 Å². The Morgan fingerprint density at radius 1 is 1.47 bits per heavy atom. The third-order valence-corrected chi connectivity index (χ3v) is 2.43. The van der Waals surface area contributed by atoms with Crippen molar-refractivity contribution < 1.29 is 14.3 Å². The van der Waals surface area contributed by atoms with Crippen LogP contribution < -0.4 is 5.32 Å². The summed E-state index contributed by atoms with van der Waals surface area (Å²) < 4.78 is 5.09. The molecule has 1 N–H and O–H groups in total. The lowest BCUT2D eigenvalue weighted by Gasteiger charge is -2.22. The van der Waals surface area contributed by atoms with Gasteiger partial charge < -0.3 is 10.1 Å². The van der Waals surface area contributed by atoms with Gasteiger partial charge in [0.2, 0.25) is 0 Å². The molecule has 0 unspecified atom stereocenters. The van der Waals surface area contributed by atoms with E-state index in [1.165, 1.54) is 0 Å². The zero-order chi connectivity index (χ0) is 11.6. The van der Waals surface area contributed by atoms with E-state index < -0.39 is 11.7 Å². The minimum atomic E-state index is -0.519. The normalized spacial score (nSPS) is 26.5. The Morgan fingerprint density at radius 3 is 2.47 bits per heavy atom. The maximum Gasteiger partial charge on any atom is 0.408 e. The lowest BCUT2D eigenvalue weighted by molar-refractivity contribution is -0.119. The van der Waals surface area contributed by atoms with Crippen LogP contribution in [0, 0.1) is 5.92 Å². The van der Waals surface area contributed by atoms with Crippen LogP contribution in [0.15, 0.2) is 0 Å². The molecule has 4 nitrogen and oxygen atoms in total. The summed E-state index contributed by atoms with van der Waals surface area (Å²) in [7, 11) is 0. The molecule has 4 heteroatoms. The van der Waals surface area contributed by atoms with Crippen LogP contribution in [0.3, 0.4) is 0 Å². The Hall–Kier alpha value is -1.06. The van der Waals surface area contributed by atoms with Gasteiger partial charge in [0.25, 0.3) is 0 Å². The number of ketones is 1. The van der Waals surface area contributed by atoms with Crippen molar-refractivity contribution in [3.63, 3.8) is 0 Å². The molecule has 1 fully saturated rings. The summed E-state index contributed by atoms with van der Waals surface area (Å²) >= 11 is 0. The second-order valence-corrected chi connectivity index (χ2v) is 5.11. The summed E-state index contributed by atoms with van der Waals surface area (Å²) in [6, 6.07) is -0.361. The zero-order valence-corrected chi connectivity index (χ0v) is 9.79. The Bertz CT molecular complexity index is 267. The van der Waals surface area contributed by atoms with Gasteiger partial charge >= 0.3 is 6.09 Å². The van der Waals surface area contributed by atoms with Crippen LogP contribution in [0.1, 0.15) is 40.5 Å². The predicted octanol–water partition coefficient (Wildman–Crippen LogP) is 1.88. The monoisotopic (exact) mass is 213 g/mol. The van der Waals surface area contributed by atoms with Crippen LogP contribution in [0.2, 0.25) is 0 Å². The van der Waals surface area contributed by atoms with Crippen LogP contribution in [0.25, 0.3) is 0 Å². The average Bonchev–Trinajstić information content (AvgIpc) is 2.32. The number of hydrogen-bond acceptors (Lipinski definition) is 3. The molecule has 0 spiro atoms. The minimum absolute atomic E-state index is 0.105. The molecule has 1 rings (SSSR count). The van der Waals surface area contributed by atoms with Crippen molar-refractivity contribution in [2.24, 2.45) is 5.92 Å².